The van der Waals surface area contributed by atoms with Crippen molar-refractivity contribution in [1.82, 2.24) is 10.2 Å². The molecule has 7 heteroatoms. The van der Waals surface area contributed by atoms with E-state index >= 15 is 0 Å². The lowest BCUT2D eigenvalue weighted by Crippen LogP contribution is -2.44. The highest BCUT2D eigenvalue weighted by molar-refractivity contribution is 7.92. The van der Waals surface area contributed by atoms with Gasteiger partial charge >= 0.3 is 0 Å². The molecule has 2 N–H and O–H groups in total. The number of nitrogens with one attached hydrogen (secondary N) is 2. The Hall–Kier alpha value is -1.86. The lowest BCUT2D eigenvalue weighted by Gasteiger charge is -2.31. The van der Waals surface area contributed by atoms with Gasteiger partial charge in [-0.25, -0.2) is 8.42 Å². The van der Waals surface area contributed by atoms with Gasteiger partial charge in [0.25, 0.3) is 0 Å². The predicted octanol–water partition coefficient (Wildman–Crippen LogP) is 2.06. The number of carbonyl (C=O) groups excluding carboxylic acids is 1. The van der Waals surface area contributed by atoms with Crippen LogP contribution in [0.2, 0.25) is 0 Å². The molecule has 1 fully saturated rings. The van der Waals surface area contributed by atoms with E-state index in [9.17, 15) is 13.2 Å². The Morgan fingerprint density at radius 2 is 1.88 bits per heavy atom. The fraction of sp³-hybridized carbons (Fsp3) is 0.500. The molecule has 0 unspecified atom stereocenters. The second-order valence-corrected chi connectivity index (χ2v) is 8.20. The van der Waals surface area contributed by atoms with E-state index in [0.29, 0.717) is 5.69 Å². The Labute approximate surface area is 150 Å². The van der Waals surface area contributed by atoms with Crippen molar-refractivity contribution in [2.24, 2.45) is 0 Å². The Morgan fingerprint density at radius 1 is 1.24 bits per heavy atom. The molecule has 0 spiro atoms. The lowest BCUT2D eigenvalue weighted by molar-refractivity contribution is -0.117. The van der Waals surface area contributed by atoms with E-state index < -0.39 is 10.0 Å². The fourth-order valence-corrected chi connectivity index (χ4v) is 3.48. The zero-order chi connectivity index (χ0) is 18.3. The third-order valence-corrected chi connectivity index (χ3v) is 4.72. The van der Waals surface area contributed by atoms with Crippen LogP contribution in [0.1, 0.15) is 31.7 Å². The smallest absolute Gasteiger partial charge is 0.244 e. The number of hydrogen-bond acceptors (Lipinski definition) is 4. The minimum Gasteiger partial charge on any atom is -0.350 e. The molecule has 6 nitrogen and oxygen atoms in total. The molecule has 138 valence electrons. The summed E-state index contributed by atoms with van der Waals surface area (Å²) in [6.07, 6.45) is 7.51. The van der Waals surface area contributed by atoms with Crippen molar-refractivity contribution in [2.45, 2.75) is 32.2 Å². The minimum absolute atomic E-state index is 0.0905. The molecule has 1 saturated heterocycles. The Balaban J connectivity index is 1.80. The molecule has 0 aromatic heterocycles. The maximum Gasteiger partial charge on any atom is 0.244 e. The maximum absolute atomic E-state index is 12.0. The molecule has 1 aromatic carbocycles. The Kier molecular flexibility index (Phi) is 7.01. The first kappa shape index (κ1) is 19.5. The molecular formula is C18H27N3O3S. The maximum atomic E-state index is 12.0. The van der Waals surface area contributed by atoms with Crippen LogP contribution < -0.4 is 10.0 Å². The van der Waals surface area contributed by atoms with Gasteiger partial charge in [0.1, 0.15) is 0 Å². The molecule has 1 aliphatic heterocycles. The van der Waals surface area contributed by atoms with E-state index in [0.717, 1.165) is 50.7 Å². The first-order valence-corrected chi connectivity index (χ1v) is 10.5. The van der Waals surface area contributed by atoms with Gasteiger partial charge in [-0.2, -0.15) is 0 Å². The largest absolute Gasteiger partial charge is 0.350 e. The van der Waals surface area contributed by atoms with E-state index in [4.69, 9.17) is 0 Å². The van der Waals surface area contributed by atoms with Crippen LogP contribution in [0.15, 0.2) is 30.3 Å². The summed E-state index contributed by atoms with van der Waals surface area (Å²) >= 11 is 0. The van der Waals surface area contributed by atoms with Gasteiger partial charge < -0.3 is 10.2 Å². The first-order chi connectivity index (χ1) is 11.9. The Morgan fingerprint density at radius 3 is 2.44 bits per heavy atom. The summed E-state index contributed by atoms with van der Waals surface area (Å²) in [5, 5.41) is 3.05. The molecule has 2 rings (SSSR count). The lowest BCUT2D eigenvalue weighted by atomic mass is 10.0. The van der Waals surface area contributed by atoms with Crippen molar-refractivity contribution in [3.63, 3.8) is 0 Å². The fourth-order valence-electron chi connectivity index (χ4n) is 2.91. The number of likely N-dealkylation sites (tertiary alicyclic amines) is 1. The quantitative estimate of drug-likeness (QED) is 0.725. The molecule has 1 aliphatic rings. The van der Waals surface area contributed by atoms with Crippen LogP contribution in [0.25, 0.3) is 6.08 Å². The SMILES string of the molecule is CCCN1CCC(NC(=O)/C=C/c2ccc(NS(C)(=O)=O)cc2)CC1. The van der Waals surface area contributed by atoms with Crippen LogP contribution in [0, 0.1) is 0 Å². The number of sulfonamides is 1. The van der Waals surface area contributed by atoms with E-state index in [-0.39, 0.29) is 11.9 Å². The van der Waals surface area contributed by atoms with Crippen molar-refractivity contribution in [1.29, 1.82) is 0 Å². The van der Waals surface area contributed by atoms with Gasteiger partial charge in [-0.3, -0.25) is 9.52 Å². The summed E-state index contributed by atoms with van der Waals surface area (Å²) in [7, 11) is -3.28. The standard InChI is InChI=1S/C18H27N3O3S/c1-3-12-21-13-10-16(11-14-21)19-18(22)9-6-15-4-7-17(8-5-15)20-25(2,23)24/h4-9,16,20H,3,10-14H2,1-2H3,(H,19,22)/b9-6+. The van der Waals surface area contributed by atoms with Crippen LogP contribution in [0.4, 0.5) is 5.69 Å². The van der Waals surface area contributed by atoms with E-state index in [1.807, 2.05) is 0 Å². The van der Waals surface area contributed by atoms with E-state index in [2.05, 4.69) is 21.9 Å². The van der Waals surface area contributed by atoms with Gasteiger partial charge in [0.15, 0.2) is 0 Å². The normalized spacial score (nSPS) is 16.9. The molecule has 1 heterocycles. The molecule has 0 bridgehead atoms. The van der Waals surface area contributed by atoms with Crippen LogP contribution in [-0.2, 0) is 14.8 Å². The summed E-state index contributed by atoms with van der Waals surface area (Å²) in [6.45, 7) is 5.39. The number of amides is 1. The highest BCUT2D eigenvalue weighted by Gasteiger charge is 2.19. The topological polar surface area (TPSA) is 78.5 Å². The summed E-state index contributed by atoms with van der Waals surface area (Å²) < 4.78 is 24.7. The molecule has 25 heavy (non-hydrogen) atoms. The van der Waals surface area contributed by atoms with Crippen molar-refractivity contribution in [3.05, 3.63) is 35.9 Å². The number of nitrogens with zero attached hydrogens (tertiary/aromatic N) is 1. The second-order valence-electron chi connectivity index (χ2n) is 6.45. The average Bonchev–Trinajstić information content (AvgIpc) is 2.55. The number of piperidine rings is 1. The number of hydrogen-bond donors (Lipinski definition) is 2. The summed E-state index contributed by atoms with van der Waals surface area (Å²) in [4.78, 5) is 14.5. The summed E-state index contributed by atoms with van der Waals surface area (Å²) in [5.41, 5.74) is 1.34. The van der Waals surface area contributed by atoms with Crippen molar-refractivity contribution in [2.75, 3.05) is 30.6 Å². The van der Waals surface area contributed by atoms with Crippen molar-refractivity contribution in [3.8, 4) is 0 Å². The van der Waals surface area contributed by atoms with Crippen LogP contribution >= 0.6 is 0 Å². The molecule has 1 amide bonds. The predicted molar refractivity (Wildman–Crippen MR) is 102 cm³/mol. The monoisotopic (exact) mass is 365 g/mol. The van der Waals surface area contributed by atoms with Gasteiger partial charge in [-0.05, 0) is 49.6 Å². The molecule has 0 atom stereocenters. The zero-order valence-corrected chi connectivity index (χ0v) is 15.7. The molecular weight excluding hydrogens is 338 g/mol. The number of benzene rings is 1. The van der Waals surface area contributed by atoms with Crippen LogP contribution in [0.3, 0.4) is 0 Å². The molecule has 1 aromatic rings. The number of rotatable bonds is 7. The van der Waals surface area contributed by atoms with Gasteiger partial charge in [0.2, 0.25) is 15.9 Å². The van der Waals surface area contributed by atoms with Crippen molar-refractivity contribution < 1.29 is 13.2 Å². The van der Waals surface area contributed by atoms with Gasteiger partial charge in [-0.1, -0.05) is 19.1 Å². The summed E-state index contributed by atoms with van der Waals surface area (Å²) in [5.74, 6) is -0.0905. The molecule has 0 saturated carbocycles. The number of anilines is 1. The van der Waals surface area contributed by atoms with Crippen molar-refractivity contribution >= 4 is 27.7 Å². The van der Waals surface area contributed by atoms with Crippen LogP contribution in [-0.4, -0.2) is 51.2 Å². The summed E-state index contributed by atoms with van der Waals surface area (Å²) in [6, 6.07) is 7.11. The third kappa shape index (κ3) is 7.27. The zero-order valence-electron chi connectivity index (χ0n) is 14.9. The van der Waals surface area contributed by atoms with Gasteiger partial charge in [-0.15, -0.1) is 0 Å². The minimum atomic E-state index is -3.28. The van der Waals surface area contributed by atoms with E-state index in [1.165, 1.54) is 6.08 Å². The van der Waals surface area contributed by atoms with Crippen LogP contribution in [0.5, 0.6) is 0 Å². The average molecular weight is 365 g/mol. The highest BCUT2D eigenvalue weighted by Crippen LogP contribution is 2.13. The second kappa shape index (κ2) is 9.01. The number of carbonyl (C=O) groups is 1. The van der Waals surface area contributed by atoms with E-state index in [1.54, 1.807) is 30.3 Å². The molecule has 0 radical (unpaired) electrons. The van der Waals surface area contributed by atoms with Gasteiger partial charge in [0.05, 0.1) is 6.26 Å². The third-order valence-electron chi connectivity index (χ3n) is 4.11. The highest BCUT2D eigenvalue weighted by atomic mass is 32.2. The van der Waals surface area contributed by atoms with Gasteiger partial charge in [0, 0.05) is 30.9 Å². The first-order valence-electron chi connectivity index (χ1n) is 8.64. The Bertz CT molecular complexity index is 691. The molecule has 0 aliphatic carbocycles.